The van der Waals surface area contributed by atoms with Gasteiger partial charge in [-0.1, -0.05) is 41.9 Å². The van der Waals surface area contributed by atoms with Gasteiger partial charge < -0.3 is 5.11 Å². The van der Waals surface area contributed by atoms with Gasteiger partial charge in [-0.25, -0.2) is 9.97 Å². The summed E-state index contributed by atoms with van der Waals surface area (Å²) in [5, 5.41) is 13.9. The van der Waals surface area contributed by atoms with E-state index in [0.717, 1.165) is 0 Å². The van der Waals surface area contributed by atoms with Crippen molar-refractivity contribution in [2.24, 2.45) is 0 Å². The lowest BCUT2D eigenvalue weighted by Gasteiger charge is -2.25. The first-order valence-corrected chi connectivity index (χ1v) is 9.09. The number of halogens is 1. The Kier molecular flexibility index (Phi) is 4.97. The molecule has 0 saturated carbocycles. The Morgan fingerprint density at radius 3 is 2.41 bits per heavy atom. The number of amides is 1. The summed E-state index contributed by atoms with van der Waals surface area (Å²) in [6, 6.07) is 12.5. The summed E-state index contributed by atoms with van der Waals surface area (Å²) in [6.07, 6.45) is -0.0987. The van der Waals surface area contributed by atoms with Crippen molar-refractivity contribution in [1.82, 2.24) is 14.5 Å². The van der Waals surface area contributed by atoms with Crippen LogP contribution in [0.1, 0.15) is 39.7 Å². The van der Waals surface area contributed by atoms with Gasteiger partial charge in [-0.2, -0.15) is 0 Å². The highest BCUT2D eigenvalue weighted by Crippen LogP contribution is 2.29. The summed E-state index contributed by atoms with van der Waals surface area (Å²) < 4.78 is 1.84. The number of aliphatic hydroxyl groups is 1. The molecular formula is C20H23ClN4O2. The number of imidazole rings is 1. The number of anilines is 1. The van der Waals surface area contributed by atoms with E-state index >= 15 is 0 Å². The molecule has 1 aromatic carbocycles. The number of fused-ring (bicyclic) bond motifs is 1. The fourth-order valence-electron chi connectivity index (χ4n) is 3.03. The van der Waals surface area contributed by atoms with Crippen LogP contribution in [0.15, 0.2) is 42.5 Å². The highest BCUT2D eigenvalue weighted by molar-refractivity contribution is 6.29. The molecule has 3 aromatic rings. The minimum Gasteiger partial charge on any atom is -0.385 e. The van der Waals surface area contributed by atoms with Crippen LogP contribution in [0.4, 0.5) is 5.95 Å². The summed E-state index contributed by atoms with van der Waals surface area (Å²) >= 11 is 6.04. The number of hydrogen-bond acceptors (Lipinski definition) is 4. The molecule has 6 nitrogen and oxygen atoms in total. The van der Waals surface area contributed by atoms with Crippen LogP contribution >= 0.6 is 11.6 Å². The monoisotopic (exact) mass is 386 g/mol. The number of benzene rings is 1. The van der Waals surface area contributed by atoms with Crippen molar-refractivity contribution in [3.8, 4) is 0 Å². The van der Waals surface area contributed by atoms with Gasteiger partial charge in [-0.05, 0) is 45.4 Å². The molecule has 0 unspecified atom stereocenters. The lowest BCUT2D eigenvalue weighted by molar-refractivity contribution is -0.120. The van der Waals surface area contributed by atoms with Crippen LogP contribution in [0, 0.1) is 0 Å². The molecule has 0 saturated heterocycles. The molecule has 3 rings (SSSR count). The maximum Gasteiger partial charge on any atom is 0.229 e. The number of hydrogen-bond donors (Lipinski definition) is 2. The van der Waals surface area contributed by atoms with Crippen LogP contribution in [0.3, 0.4) is 0 Å². The van der Waals surface area contributed by atoms with Crippen LogP contribution < -0.4 is 5.32 Å². The van der Waals surface area contributed by atoms with Crippen molar-refractivity contribution in [1.29, 1.82) is 0 Å². The van der Waals surface area contributed by atoms with Crippen LogP contribution in [0.2, 0.25) is 5.15 Å². The number of carbonyl (C=O) groups excluding carboxylic acids is 1. The SMILES string of the molecule is CC(C)(C)n1c(NC(=O)C[C@@](C)(O)c2ccccc2)nc2ccc(Cl)nc21. The molecule has 27 heavy (non-hydrogen) atoms. The molecule has 142 valence electrons. The fourth-order valence-corrected chi connectivity index (χ4v) is 3.18. The molecule has 0 spiro atoms. The van der Waals surface area contributed by atoms with E-state index in [4.69, 9.17) is 11.6 Å². The van der Waals surface area contributed by atoms with Crippen molar-refractivity contribution in [2.75, 3.05) is 5.32 Å². The summed E-state index contributed by atoms with van der Waals surface area (Å²) in [7, 11) is 0. The predicted molar refractivity (Wildman–Crippen MR) is 107 cm³/mol. The van der Waals surface area contributed by atoms with E-state index in [1.807, 2.05) is 43.5 Å². The van der Waals surface area contributed by atoms with Crippen molar-refractivity contribution >= 4 is 34.6 Å². The highest BCUT2D eigenvalue weighted by Gasteiger charge is 2.29. The Morgan fingerprint density at radius 2 is 1.78 bits per heavy atom. The standard InChI is InChI=1S/C20H23ClN4O2/c1-19(2,3)25-17-14(10-11-15(21)23-17)22-18(25)24-16(26)12-20(4,27)13-8-6-5-7-9-13/h5-11,27H,12H2,1-4H3,(H,22,24,26)/t20-/m1/s1. The molecule has 0 fully saturated rings. The summed E-state index contributed by atoms with van der Waals surface area (Å²) in [5.41, 5.74) is 0.250. The number of carbonyl (C=O) groups is 1. The number of nitrogens with one attached hydrogen (secondary N) is 1. The van der Waals surface area contributed by atoms with E-state index < -0.39 is 5.60 Å². The van der Waals surface area contributed by atoms with Gasteiger partial charge in [-0.3, -0.25) is 14.7 Å². The van der Waals surface area contributed by atoms with E-state index in [1.54, 1.807) is 31.2 Å². The number of nitrogens with zero attached hydrogens (tertiary/aromatic N) is 3. The topological polar surface area (TPSA) is 80.0 Å². The van der Waals surface area contributed by atoms with E-state index in [9.17, 15) is 9.90 Å². The Balaban J connectivity index is 1.91. The predicted octanol–water partition coefficient (Wildman–Crippen LogP) is 4.08. The van der Waals surface area contributed by atoms with Crippen molar-refractivity contribution < 1.29 is 9.90 Å². The largest absolute Gasteiger partial charge is 0.385 e. The lowest BCUT2D eigenvalue weighted by atomic mass is 9.92. The van der Waals surface area contributed by atoms with E-state index in [2.05, 4.69) is 15.3 Å². The zero-order valence-electron chi connectivity index (χ0n) is 15.8. The normalized spacial score (nSPS) is 14.1. The minimum absolute atomic E-state index is 0.0987. The van der Waals surface area contributed by atoms with Crippen molar-refractivity contribution in [2.45, 2.75) is 45.3 Å². The van der Waals surface area contributed by atoms with Crippen molar-refractivity contribution in [3.05, 3.63) is 53.2 Å². The van der Waals surface area contributed by atoms with E-state index in [1.165, 1.54) is 0 Å². The first-order valence-electron chi connectivity index (χ1n) is 8.71. The molecule has 1 atom stereocenters. The van der Waals surface area contributed by atoms with Gasteiger partial charge in [0, 0.05) is 5.54 Å². The summed E-state index contributed by atoms with van der Waals surface area (Å²) in [5.74, 6) is 0.0388. The maximum atomic E-state index is 12.7. The van der Waals surface area contributed by atoms with Crippen LogP contribution in [-0.4, -0.2) is 25.5 Å². The third-order valence-corrected chi connectivity index (χ3v) is 4.50. The Hall–Kier alpha value is -2.44. The van der Waals surface area contributed by atoms with Crippen molar-refractivity contribution in [3.63, 3.8) is 0 Å². The smallest absolute Gasteiger partial charge is 0.229 e. The molecule has 7 heteroatoms. The molecule has 2 heterocycles. The molecule has 1 amide bonds. The Labute approximate surface area is 163 Å². The molecule has 0 bridgehead atoms. The Bertz CT molecular complexity index is 975. The first kappa shape index (κ1) is 19.3. The van der Waals surface area contributed by atoms with Gasteiger partial charge in [0.25, 0.3) is 0 Å². The summed E-state index contributed by atoms with van der Waals surface area (Å²) in [4.78, 5) is 21.5. The third kappa shape index (κ3) is 4.12. The lowest BCUT2D eigenvalue weighted by Crippen LogP contribution is -2.31. The number of pyridine rings is 1. The van der Waals surface area contributed by atoms with Gasteiger partial charge >= 0.3 is 0 Å². The molecule has 0 radical (unpaired) electrons. The second-order valence-electron chi connectivity index (χ2n) is 7.78. The van der Waals surface area contributed by atoms with Gasteiger partial charge in [0.1, 0.15) is 10.7 Å². The molecular weight excluding hydrogens is 364 g/mol. The molecule has 2 aromatic heterocycles. The van der Waals surface area contributed by atoms with Crippen LogP contribution in [0.25, 0.3) is 11.2 Å². The Morgan fingerprint density at radius 1 is 1.11 bits per heavy atom. The van der Waals surface area contributed by atoms with Gasteiger partial charge in [0.05, 0.1) is 12.0 Å². The maximum absolute atomic E-state index is 12.7. The van der Waals surface area contributed by atoms with E-state index in [0.29, 0.717) is 27.8 Å². The first-order chi connectivity index (χ1) is 12.6. The van der Waals surface area contributed by atoms with Crippen LogP contribution in [-0.2, 0) is 15.9 Å². The molecule has 2 N–H and O–H groups in total. The average Bonchev–Trinajstić information content (AvgIpc) is 2.92. The minimum atomic E-state index is -1.29. The number of rotatable bonds is 4. The van der Waals surface area contributed by atoms with Crippen LogP contribution in [0.5, 0.6) is 0 Å². The summed E-state index contributed by atoms with van der Waals surface area (Å²) in [6.45, 7) is 7.60. The quantitative estimate of drug-likeness (QED) is 0.662. The fraction of sp³-hybridized carbons (Fsp3) is 0.350. The highest BCUT2D eigenvalue weighted by atomic mass is 35.5. The molecule has 0 aliphatic rings. The van der Waals surface area contributed by atoms with Gasteiger partial charge in [0.2, 0.25) is 11.9 Å². The van der Waals surface area contributed by atoms with Gasteiger partial charge in [-0.15, -0.1) is 0 Å². The zero-order chi connectivity index (χ0) is 19.8. The molecule has 0 aliphatic carbocycles. The second kappa shape index (κ2) is 6.94. The zero-order valence-corrected chi connectivity index (χ0v) is 16.6. The molecule has 0 aliphatic heterocycles. The second-order valence-corrected chi connectivity index (χ2v) is 8.17. The van der Waals surface area contributed by atoms with Gasteiger partial charge in [0.15, 0.2) is 5.65 Å². The number of aromatic nitrogens is 3. The van der Waals surface area contributed by atoms with E-state index in [-0.39, 0.29) is 17.9 Å². The average molecular weight is 387 g/mol. The third-order valence-electron chi connectivity index (χ3n) is 4.29.